The van der Waals surface area contributed by atoms with Gasteiger partial charge in [-0.25, -0.2) is 8.42 Å². The van der Waals surface area contributed by atoms with Crippen molar-refractivity contribution in [3.05, 3.63) is 40.7 Å². The lowest BCUT2D eigenvalue weighted by Crippen LogP contribution is -2.14. The highest BCUT2D eigenvalue weighted by Crippen LogP contribution is 2.27. The molecule has 0 bridgehead atoms. The summed E-state index contributed by atoms with van der Waals surface area (Å²) in [5.41, 5.74) is 5.16. The molecule has 9 nitrogen and oxygen atoms in total. The van der Waals surface area contributed by atoms with Gasteiger partial charge in [0.2, 0.25) is 0 Å². The number of nitrogen functional groups attached to an aromatic ring is 1. The van der Waals surface area contributed by atoms with E-state index in [1.807, 2.05) is 0 Å². The first-order valence-corrected chi connectivity index (χ1v) is 6.83. The molecule has 3 N–H and O–H groups in total. The van der Waals surface area contributed by atoms with Crippen molar-refractivity contribution in [2.75, 3.05) is 10.5 Å². The van der Waals surface area contributed by atoms with Crippen molar-refractivity contribution in [3.63, 3.8) is 0 Å². The normalized spacial score (nSPS) is 11.2. The summed E-state index contributed by atoms with van der Waals surface area (Å²) in [5.74, 6) is 0. The van der Waals surface area contributed by atoms with Crippen LogP contribution in [0, 0.1) is 10.1 Å². The van der Waals surface area contributed by atoms with Gasteiger partial charge in [0.15, 0.2) is 4.90 Å². The van der Waals surface area contributed by atoms with Crippen LogP contribution < -0.4 is 10.5 Å². The minimum atomic E-state index is -4.09. The van der Waals surface area contributed by atoms with E-state index >= 15 is 0 Å². The van der Waals surface area contributed by atoms with Gasteiger partial charge in [-0.2, -0.15) is 5.10 Å². The second kappa shape index (κ2) is 4.81. The summed E-state index contributed by atoms with van der Waals surface area (Å²) < 4.78 is 27.9. The van der Waals surface area contributed by atoms with Crippen molar-refractivity contribution in [1.29, 1.82) is 0 Å². The minimum absolute atomic E-state index is 0.108. The van der Waals surface area contributed by atoms with Crippen molar-refractivity contribution in [1.82, 2.24) is 9.78 Å². The van der Waals surface area contributed by atoms with Crippen LogP contribution in [0.2, 0.25) is 0 Å². The molecule has 0 aliphatic rings. The Hall–Kier alpha value is -2.62. The number of nitro benzene ring substituents is 1. The molecule has 0 radical (unpaired) electrons. The summed E-state index contributed by atoms with van der Waals surface area (Å²) in [4.78, 5) is 9.66. The van der Waals surface area contributed by atoms with Crippen molar-refractivity contribution in [2.24, 2.45) is 7.05 Å². The molecule has 0 amide bonds. The summed E-state index contributed by atoms with van der Waals surface area (Å²) >= 11 is 0. The van der Waals surface area contributed by atoms with Gasteiger partial charge < -0.3 is 5.73 Å². The van der Waals surface area contributed by atoms with Crippen molar-refractivity contribution in [3.8, 4) is 0 Å². The molecule has 20 heavy (non-hydrogen) atoms. The van der Waals surface area contributed by atoms with Crippen LogP contribution in [0.3, 0.4) is 0 Å². The third-order valence-electron chi connectivity index (χ3n) is 2.43. The van der Waals surface area contributed by atoms with Gasteiger partial charge >= 0.3 is 0 Å². The minimum Gasteiger partial charge on any atom is -0.399 e. The van der Waals surface area contributed by atoms with Gasteiger partial charge in [0.25, 0.3) is 15.7 Å². The molecule has 0 saturated heterocycles. The molecule has 10 heteroatoms. The Morgan fingerprint density at radius 1 is 1.45 bits per heavy atom. The summed E-state index contributed by atoms with van der Waals surface area (Å²) in [6, 6.07) is 3.37. The molecule has 1 heterocycles. The molecule has 0 saturated carbocycles. The molecule has 106 valence electrons. The number of nitrogens with two attached hydrogens (primary N) is 1. The van der Waals surface area contributed by atoms with Gasteiger partial charge in [-0.15, -0.1) is 0 Å². The van der Waals surface area contributed by atoms with Crippen LogP contribution in [0.15, 0.2) is 35.5 Å². The average molecular weight is 297 g/mol. The smallest absolute Gasteiger partial charge is 0.291 e. The lowest BCUT2D eigenvalue weighted by atomic mass is 10.3. The van der Waals surface area contributed by atoms with Crippen LogP contribution in [0.4, 0.5) is 17.1 Å². The first kappa shape index (κ1) is 13.8. The molecule has 0 unspecified atom stereocenters. The Bertz CT molecular complexity index is 768. The van der Waals surface area contributed by atoms with E-state index in [9.17, 15) is 18.5 Å². The Morgan fingerprint density at radius 3 is 2.70 bits per heavy atom. The van der Waals surface area contributed by atoms with Crippen LogP contribution in [-0.2, 0) is 17.1 Å². The summed E-state index contributed by atoms with van der Waals surface area (Å²) in [7, 11) is -2.48. The van der Waals surface area contributed by atoms with Crippen LogP contribution in [0.1, 0.15) is 0 Å². The zero-order valence-corrected chi connectivity index (χ0v) is 11.2. The van der Waals surface area contributed by atoms with Gasteiger partial charge in [-0.05, 0) is 12.1 Å². The van der Waals surface area contributed by atoms with E-state index in [1.165, 1.54) is 23.1 Å². The molecule has 1 aromatic heterocycles. The highest BCUT2D eigenvalue weighted by Gasteiger charge is 2.26. The number of hydrogen-bond acceptors (Lipinski definition) is 6. The number of anilines is 2. The fourth-order valence-corrected chi connectivity index (χ4v) is 2.77. The lowest BCUT2D eigenvalue weighted by molar-refractivity contribution is -0.387. The third-order valence-corrected chi connectivity index (χ3v) is 3.85. The Kier molecular flexibility index (Phi) is 3.32. The first-order valence-electron chi connectivity index (χ1n) is 5.35. The number of aryl methyl sites for hydroxylation is 1. The lowest BCUT2D eigenvalue weighted by Gasteiger charge is -2.07. The molecular formula is C10H11N5O4S. The third kappa shape index (κ3) is 2.69. The fourth-order valence-electron chi connectivity index (χ4n) is 1.59. The molecule has 2 rings (SSSR count). The van der Waals surface area contributed by atoms with Crippen molar-refractivity contribution in [2.45, 2.75) is 4.90 Å². The number of hydrogen-bond donors (Lipinski definition) is 2. The van der Waals surface area contributed by atoms with Gasteiger partial charge in [0.05, 0.1) is 16.8 Å². The SMILES string of the molecule is Cn1cc(NS(=O)(=O)c2ccc(N)cc2[N+](=O)[O-])cn1. The van der Waals surface area contributed by atoms with E-state index in [0.29, 0.717) is 0 Å². The summed E-state index contributed by atoms with van der Waals surface area (Å²) in [6.07, 6.45) is 2.72. The quantitative estimate of drug-likeness (QED) is 0.485. The Morgan fingerprint density at radius 2 is 2.15 bits per heavy atom. The van der Waals surface area contributed by atoms with E-state index in [2.05, 4.69) is 9.82 Å². The van der Waals surface area contributed by atoms with Crippen molar-refractivity contribution < 1.29 is 13.3 Å². The molecule has 0 aliphatic carbocycles. The number of benzene rings is 1. The maximum absolute atomic E-state index is 12.2. The van der Waals surface area contributed by atoms with E-state index in [-0.39, 0.29) is 11.4 Å². The van der Waals surface area contributed by atoms with Crippen LogP contribution in [-0.4, -0.2) is 23.1 Å². The van der Waals surface area contributed by atoms with E-state index in [1.54, 1.807) is 7.05 Å². The average Bonchev–Trinajstić information content (AvgIpc) is 2.73. The van der Waals surface area contributed by atoms with Gasteiger partial charge in [-0.3, -0.25) is 19.5 Å². The largest absolute Gasteiger partial charge is 0.399 e. The molecule has 0 spiro atoms. The van der Waals surface area contributed by atoms with E-state index in [4.69, 9.17) is 5.73 Å². The molecule has 0 aliphatic heterocycles. The highest BCUT2D eigenvalue weighted by atomic mass is 32.2. The Labute approximate surface area is 114 Å². The standard InChI is InChI=1S/C10H11N5O4S/c1-14-6-8(5-12-14)13-20(18,19)10-3-2-7(11)4-9(10)15(16)17/h2-6,13H,11H2,1H3. The number of nitro groups is 1. The molecular weight excluding hydrogens is 286 g/mol. The first-order chi connectivity index (χ1) is 9.29. The number of aromatic nitrogens is 2. The zero-order valence-electron chi connectivity index (χ0n) is 10.3. The monoisotopic (exact) mass is 297 g/mol. The van der Waals surface area contributed by atoms with Crippen LogP contribution in [0.25, 0.3) is 0 Å². The highest BCUT2D eigenvalue weighted by molar-refractivity contribution is 7.92. The molecule has 0 fully saturated rings. The second-order valence-corrected chi connectivity index (χ2v) is 5.64. The van der Waals surface area contributed by atoms with E-state index in [0.717, 1.165) is 12.1 Å². The predicted octanol–water partition coefficient (Wildman–Crippen LogP) is 0.711. The second-order valence-electron chi connectivity index (χ2n) is 3.99. The number of nitrogens with zero attached hydrogens (tertiary/aromatic N) is 3. The molecule has 1 aromatic carbocycles. The number of sulfonamides is 1. The van der Waals surface area contributed by atoms with Gasteiger partial charge in [0.1, 0.15) is 0 Å². The number of rotatable bonds is 4. The summed E-state index contributed by atoms with van der Waals surface area (Å²) in [5, 5.41) is 14.7. The van der Waals surface area contributed by atoms with E-state index < -0.39 is 25.5 Å². The Balaban J connectivity index is 2.46. The fraction of sp³-hybridized carbons (Fsp3) is 0.100. The number of nitrogens with one attached hydrogen (secondary N) is 1. The topological polar surface area (TPSA) is 133 Å². The van der Waals surface area contributed by atoms with Gasteiger partial charge in [-0.1, -0.05) is 0 Å². The molecule has 2 aromatic rings. The van der Waals surface area contributed by atoms with Crippen molar-refractivity contribution >= 4 is 27.1 Å². The van der Waals surface area contributed by atoms with Gasteiger partial charge in [0, 0.05) is 25.0 Å². The maximum atomic E-state index is 12.2. The predicted molar refractivity (Wildman–Crippen MR) is 71.5 cm³/mol. The van der Waals surface area contributed by atoms with Crippen LogP contribution in [0.5, 0.6) is 0 Å². The molecule has 0 atom stereocenters. The summed E-state index contributed by atoms with van der Waals surface area (Å²) in [6.45, 7) is 0. The maximum Gasteiger partial charge on any atom is 0.291 e. The zero-order chi connectivity index (χ0) is 14.9. The van der Waals surface area contributed by atoms with Crippen LogP contribution >= 0.6 is 0 Å².